The second kappa shape index (κ2) is 11.7. The van der Waals surface area contributed by atoms with Crippen molar-refractivity contribution < 1.29 is 31.1 Å². The Morgan fingerprint density at radius 2 is 1.53 bits per heavy atom. The van der Waals surface area contributed by atoms with Crippen molar-refractivity contribution in [2.45, 2.75) is 31.0 Å². The molecule has 1 N–H and O–H groups in total. The third kappa shape index (κ3) is 6.60. The smallest absolute Gasteiger partial charge is 0.416 e. The SMILES string of the molecule is COc1ccccc1C(CNCc1ccccc1)N1CCN(c2ccc(C(F)(F)F)cc2)CC1C(F)(F)F. The number of anilines is 1. The molecule has 0 bridgehead atoms. The highest BCUT2D eigenvalue weighted by Gasteiger charge is 2.49. The molecule has 0 aromatic heterocycles. The standard InChI is InChI=1S/C28H29F6N3O/c1-38-25-10-6-5-9-23(25)24(18-35-17-20-7-3-2-4-8-20)37-16-15-36(19-26(37)28(32,33)34)22-13-11-21(12-14-22)27(29,30)31/h2-14,24,26,35H,15-19H2,1H3. The fourth-order valence-electron chi connectivity index (χ4n) is 4.85. The first-order chi connectivity index (χ1) is 18.1. The van der Waals surface area contributed by atoms with Crippen LogP contribution in [0.25, 0.3) is 0 Å². The van der Waals surface area contributed by atoms with Gasteiger partial charge < -0.3 is 15.0 Å². The molecule has 38 heavy (non-hydrogen) atoms. The maximum Gasteiger partial charge on any atom is 0.416 e. The summed E-state index contributed by atoms with van der Waals surface area (Å²) in [4.78, 5) is 2.92. The number of para-hydroxylation sites is 1. The number of ether oxygens (including phenoxy) is 1. The van der Waals surface area contributed by atoms with Crippen molar-refractivity contribution in [3.05, 3.63) is 95.6 Å². The molecule has 1 aliphatic rings. The summed E-state index contributed by atoms with van der Waals surface area (Å²) in [5, 5.41) is 3.30. The first-order valence-corrected chi connectivity index (χ1v) is 12.2. The van der Waals surface area contributed by atoms with Crippen molar-refractivity contribution in [3.63, 3.8) is 0 Å². The molecule has 10 heteroatoms. The molecule has 204 valence electrons. The van der Waals surface area contributed by atoms with E-state index in [0.717, 1.165) is 17.7 Å². The van der Waals surface area contributed by atoms with Crippen LogP contribution in [0.1, 0.15) is 22.7 Å². The van der Waals surface area contributed by atoms with E-state index in [1.54, 1.807) is 24.3 Å². The Morgan fingerprint density at radius 1 is 0.868 bits per heavy atom. The van der Waals surface area contributed by atoms with Gasteiger partial charge in [0.2, 0.25) is 0 Å². The zero-order valence-corrected chi connectivity index (χ0v) is 20.8. The van der Waals surface area contributed by atoms with Crippen LogP contribution >= 0.6 is 0 Å². The topological polar surface area (TPSA) is 27.7 Å². The Kier molecular flexibility index (Phi) is 8.52. The molecule has 0 aliphatic carbocycles. The molecule has 0 saturated carbocycles. The summed E-state index contributed by atoms with van der Waals surface area (Å²) in [6, 6.07) is 18.3. The van der Waals surface area contributed by atoms with Gasteiger partial charge in [0.15, 0.2) is 0 Å². The van der Waals surface area contributed by atoms with Gasteiger partial charge in [-0.25, -0.2) is 0 Å². The number of methoxy groups -OCH3 is 1. The Balaban J connectivity index is 1.60. The highest BCUT2D eigenvalue weighted by atomic mass is 19.4. The minimum atomic E-state index is -4.57. The van der Waals surface area contributed by atoms with Gasteiger partial charge in [0.25, 0.3) is 0 Å². The zero-order chi connectivity index (χ0) is 27.3. The molecule has 2 unspecified atom stereocenters. The van der Waals surface area contributed by atoms with Crippen LogP contribution in [-0.2, 0) is 12.7 Å². The molecule has 4 rings (SSSR count). The van der Waals surface area contributed by atoms with E-state index < -0.39 is 36.5 Å². The van der Waals surface area contributed by atoms with Crippen LogP contribution in [0.4, 0.5) is 32.0 Å². The average Bonchev–Trinajstić information content (AvgIpc) is 2.90. The average molecular weight is 538 g/mol. The molecule has 0 amide bonds. The first kappa shape index (κ1) is 27.8. The summed E-state index contributed by atoms with van der Waals surface area (Å²) < 4.78 is 87.8. The summed E-state index contributed by atoms with van der Waals surface area (Å²) in [6.07, 6.45) is -9.08. The van der Waals surface area contributed by atoms with Gasteiger partial charge in [-0.1, -0.05) is 48.5 Å². The van der Waals surface area contributed by atoms with E-state index in [1.807, 2.05) is 30.3 Å². The summed E-state index contributed by atoms with van der Waals surface area (Å²) >= 11 is 0. The Morgan fingerprint density at radius 3 is 2.16 bits per heavy atom. The Bertz CT molecular complexity index is 1170. The van der Waals surface area contributed by atoms with Crippen molar-refractivity contribution in [1.82, 2.24) is 10.2 Å². The van der Waals surface area contributed by atoms with Gasteiger partial charge in [-0.15, -0.1) is 0 Å². The van der Waals surface area contributed by atoms with Crippen molar-refractivity contribution in [2.75, 3.05) is 38.2 Å². The minimum absolute atomic E-state index is 0.0565. The van der Waals surface area contributed by atoms with Gasteiger partial charge in [-0.05, 0) is 35.9 Å². The van der Waals surface area contributed by atoms with Crippen molar-refractivity contribution >= 4 is 5.69 Å². The van der Waals surface area contributed by atoms with Gasteiger partial charge in [0.1, 0.15) is 11.8 Å². The number of hydrogen-bond donors (Lipinski definition) is 1. The molecule has 0 radical (unpaired) electrons. The molecule has 1 saturated heterocycles. The summed E-state index contributed by atoms with van der Waals surface area (Å²) in [6.45, 7) is 0.596. The molecule has 1 aliphatic heterocycles. The fraction of sp³-hybridized carbons (Fsp3) is 0.357. The molecular formula is C28H29F6N3O. The molecule has 1 heterocycles. The summed E-state index contributed by atoms with van der Waals surface area (Å²) in [7, 11) is 1.48. The van der Waals surface area contributed by atoms with Gasteiger partial charge in [0, 0.05) is 44.0 Å². The molecule has 0 spiro atoms. The molecular weight excluding hydrogens is 508 g/mol. The van der Waals surface area contributed by atoms with Crippen LogP contribution < -0.4 is 15.0 Å². The summed E-state index contributed by atoms with van der Waals surface area (Å²) in [5.74, 6) is 0.491. The Labute approximate surface area is 217 Å². The molecule has 2 atom stereocenters. The van der Waals surface area contributed by atoms with Crippen LogP contribution in [-0.4, -0.2) is 50.4 Å². The molecule has 4 nitrogen and oxygen atoms in total. The number of alkyl halides is 6. The lowest BCUT2D eigenvalue weighted by molar-refractivity contribution is -0.191. The van der Waals surface area contributed by atoms with E-state index in [4.69, 9.17) is 4.74 Å². The normalized spacial score (nSPS) is 17.9. The van der Waals surface area contributed by atoms with E-state index in [9.17, 15) is 26.3 Å². The number of piperazine rings is 1. The highest BCUT2D eigenvalue weighted by molar-refractivity contribution is 5.49. The predicted molar refractivity (Wildman–Crippen MR) is 134 cm³/mol. The third-order valence-electron chi connectivity index (χ3n) is 6.77. The van der Waals surface area contributed by atoms with Crippen LogP contribution in [0.15, 0.2) is 78.9 Å². The monoisotopic (exact) mass is 537 g/mol. The second-order valence-electron chi connectivity index (χ2n) is 9.16. The lowest BCUT2D eigenvalue weighted by Gasteiger charge is -2.46. The molecule has 3 aromatic carbocycles. The van der Waals surface area contributed by atoms with Gasteiger partial charge in [-0.2, -0.15) is 26.3 Å². The van der Waals surface area contributed by atoms with E-state index in [0.29, 0.717) is 23.5 Å². The maximum atomic E-state index is 14.5. The van der Waals surface area contributed by atoms with Crippen molar-refractivity contribution in [3.8, 4) is 5.75 Å². The second-order valence-corrected chi connectivity index (χ2v) is 9.16. The molecule has 1 fully saturated rings. The first-order valence-electron chi connectivity index (χ1n) is 12.2. The summed E-state index contributed by atoms with van der Waals surface area (Å²) in [5.41, 5.74) is 1.12. The van der Waals surface area contributed by atoms with Gasteiger partial charge in [0.05, 0.1) is 18.7 Å². The van der Waals surface area contributed by atoms with Gasteiger partial charge in [-0.3, -0.25) is 4.90 Å². The number of nitrogens with one attached hydrogen (secondary N) is 1. The maximum absolute atomic E-state index is 14.5. The van der Waals surface area contributed by atoms with Crippen LogP contribution in [0.3, 0.4) is 0 Å². The highest BCUT2D eigenvalue weighted by Crippen LogP contribution is 2.38. The number of rotatable bonds is 8. The van der Waals surface area contributed by atoms with Crippen LogP contribution in [0.5, 0.6) is 5.75 Å². The molecule has 3 aromatic rings. The number of halogens is 6. The minimum Gasteiger partial charge on any atom is -0.496 e. The van der Waals surface area contributed by atoms with Gasteiger partial charge >= 0.3 is 12.4 Å². The largest absolute Gasteiger partial charge is 0.496 e. The lowest BCUT2D eigenvalue weighted by atomic mass is 9.99. The Hall–Kier alpha value is -3.24. The van der Waals surface area contributed by atoms with Crippen LogP contribution in [0.2, 0.25) is 0 Å². The zero-order valence-electron chi connectivity index (χ0n) is 20.8. The number of hydrogen-bond acceptors (Lipinski definition) is 4. The third-order valence-corrected chi connectivity index (χ3v) is 6.77. The number of nitrogens with zero attached hydrogens (tertiary/aromatic N) is 2. The van der Waals surface area contributed by atoms with E-state index in [1.165, 1.54) is 29.0 Å². The quantitative estimate of drug-likeness (QED) is 0.342. The number of benzene rings is 3. The van der Waals surface area contributed by atoms with E-state index in [2.05, 4.69) is 5.32 Å². The van der Waals surface area contributed by atoms with E-state index in [-0.39, 0.29) is 19.6 Å². The lowest BCUT2D eigenvalue weighted by Crippen LogP contribution is -2.60. The predicted octanol–water partition coefficient (Wildman–Crippen LogP) is 6.30. The van der Waals surface area contributed by atoms with E-state index >= 15 is 0 Å². The van der Waals surface area contributed by atoms with Crippen molar-refractivity contribution in [1.29, 1.82) is 0 Å². The van der Waals surface area contributed by atoms with Crippen molar-refractivity contribution in [2.24, 2.45) is 0 Å². The fourth-order valence-corrected chi connectivity index (χ4v) is 4.85. The van der Waals surface area contributed by atoms with Crippen LogP contribution in [0, 0.1) is 0 Å².